The molecule has 2 amide bonds. The number of aliphatic hydroxyl groups is 1. The highest BCUT2D eigenvalue weighted by Crippen LogP contribution is 1.82. The maximum atomic E-state index is 10.9. The summed E-state index contributed by atoms with van der Waals surface area (Å²) in [5, 5.41) is 10.7. The van der Waals surface area contributed by atoms with Gasteiger partial charge in [0.2, 0.25) is 11.8 Å². The molecule has 0 rings (SSSR count). The van der Waals surface area contributed by atoms with Gasteiger partial charge in [0.05, 0.1) is 12.6 Å². The van der Waals surface area contributed by atoms with Crippen molar-refractivity contribution in [3.63, 3.8) is 0 Å². The number of aliphatic hydroxyl groups excluding tert-OH is 1. The molecule has 6 heteroatoms. The first-order chi connectivity index (χ1) is 5.49. The van der Waals surface area contributed by atoms with Crippen molar-refractivity contribution in [1.29, 1.82) is 0 Å². The lowest BCUT2D eigenvalue weighted by Gasteiger charge is -2.13. The van der Waals surface area contributed by atoms with Crippen LogP contribution in [0.25, 0.3) is 0 Å². The summed E-state index contributed by atoms with van der Waals surface area (Å²) in [4.78, 5) is 21.4. The number of hydrogen-bond acceptors (Lipinski definition) is 4. The smallest absolute Gasteiger partial charge is 0.242 e. The van der Waals surface area contributed by atoms with E-state index in [9.17, 15) is 9.59 Å². The second kappa shape index (κ2) is 4.68. The van der Waals surface area contributed by atoms with Crippen LogP contribution in [-0.2, 0) is 9.59 Å². The average molecular weight is 175 g/mol. The molecule has 6 nitrogen and oxygen atoms in total. The fraction of sp³-hybridized carbons (Fsp3) is 0.667. The van der Waals surface area contributed by atoms with Crippen LogP contribution in [0.3, 0.4) is 0 Å². The van der Waals surface area contributed by atoms with Crippen molar-refractivity contribution >= 4 is 11.8 Å². The van der Waals surface area contributed by atoms with E-state index in [-0.39, 0.29) is 0 Å². The Morgan fingerprint density at radius 3 is 2.33 bits per heavy atom. The molecule has 0 radical (unpaired) electrons. The molecule has 0 aromatic heterocycles. The van der Waals surface area contributed by atoms with E-state index in [1.54, 1.807) is 0 Å². The van der Waals surface area contributed by atoms with E-state index in [0.29, 0.717) is 0 Å². The number of amides is 2. The number of carbonyl (C=O) groups is 2. The Labute approximate surface area is 69.9 Å². The fourth-order valence-corrected chi connectivity index (χ4v) is 0.510. The molecule has 12 heavy (non-hydrogen) atoms. The normalized spacial score (nSPS) is 14.9. The second-order valence-corrected chi connectivity index (χ2v) is 2.43. The minimum Gasteiger partial charge on any atom is -0.394 e. The van der Waals surface area contributed by atoms with Gasteiger partial charge in [-0.1, -0.05) is 0 Å². The molecular formula is C6H13N3O3. The lowest BCUT2D eigenvalue weighted by atomic mass is 10.2. The SMILES string of the molecule is CC(N)C(=O)NC(CO)C(N)=O. The Bertz CT molecular complexity index is 181. The van der Waals surface area contributed by atoms with E-state index in [1.165, 1.54) is 6.92 Å². The molecule has 0 heterocycles. The van der Waals surface area contributed by atoms with Gasteiger partial charge in [0.1, 0.15) is 6.04 Å². The largest absolute Gasteiger partial charge is 0.394 e. The molecule has 0 aliphatic rings. The molecular weight excluding hydrogens is 162 g/mol. The summed E-state index contributed by atoms with van der Waals surface area (Å²) < 4.78 is 0. The quantitative estimate of drug-likeness (QED) is 0.371. The summed E-state index contributed by atoms with van der Waals surface area (Å²) >= 11 is 0. The first-order valence-corrected chi connectivity index (χ1v) is 3.45. The number of hydrogen-bond donors (Lipinski definition) is 4. The van der Waals surface area contributed by atoms with E-state index in [0.717, 1.165) is 0 Å². The number of carbonyl (C=O) groups excluding carboxylic acids is 2. The molecule has 0 aliphatic carbocycles. The van der Waals surface area contributed by atoms with Gasteiger partial charge in [0.25, 0.3) is 0 Å². The molecule has 0 aromatic carbocycles. The predicted molar refractivity (Wildman–Crippen MR) is 41.9 cm³/mol. The van der Waals surface area contributed by atoms with Gasteiger partial charge in [0, 0.05) is 0 Å². The van der Waals surface area contributed by atoms with E-state index < -0.39 is 30.5 Å². The van der Waals surface area contributed by atoms with Crippen LogP contribution in [0.5, 0.6) is 0 Å². The topological polar surface area (TPSA) is 118 Å². The molecule has 6 N–H and O–H groups in total. The highest BCUT2D eigenvalue weighted by atomic mass is 16.3. The molecule has 0 saturated heterocycles. The molecule has 0 fully saturated rings. The minimum atomic E-state index is -1.05. The van der Waals surface area contributed by atoms with Crippen LogP contribution in [-0.4, -0.2) is 35.6 Å². The number of nitrogens with two attached hydrogens (primary N) is 2. The lowest BCUT2D eigenvalue weighted by molar-refractivity contribution is -0.128. The zero-order valence-electron chi connectivity index (χ0n) is 6.78. The van der Waals surface area contributed by atoms with E-state index in [2.05, 4.69) is 5.32 Å². The summed E-state index contributed by atoms with van der Waals surface area (Å²) in [7, 11) is 0. The zero-order chi connectivity index (χ0) is 9.72. The molecule has 0 spiro atoms. The third kappa shape index (κ3) is 3.31. The Morgan fingerprint density at radius 1 is 1.58 bits per heavy atom. The average Bonchev–Trinajstić information content (AvgIpc) is 1.98. The summed E-state index contributed by atoms with van der Waals surface area (Å²) in [5.41, 5.74) is 10.0. The van der Waals surface area contributed by atoms with Gasteiger partial charge in [-0.05, 0) is 6.92 Å². The molecule has 0 bridgehead atoms. The molecule has 0 saturated carbocycles. The van der Waals surface area contributed by atoms with Crippen molar-refractivity contribution in [2.75, 3.05) is 6.61 Å². The van der Waals surface area contributed by atoms with Crippen LogP contribution in [0.15, 0.2) is 0 Å². The van der Waals surface area contributed by atoms with Crippen LogP contribution in [0.2, 0.25) is 0 Å². The predicted octanol–water partition coefficient (Wildman–Crippen LogP) is -2.70. The van der Waals surface area contributed by atoms with E-state index in [4.69, 9.17) is 16.6 Å². The van der Waals surface area contributed by atoms with Crippen molar-refractivity contribution in [2.45, 2.75) is 19.0 Å². The third-order valence-corrected chi connectivity index (χ3v) is 1.26. The van der Waals surface area contributed by atoms with Crippen LogP contribution >= 0.6 is 0 Å². The van der Waals surface area contributed by atoms with Crippen molar-refractivity contribution in [1.82, 2.24) is 5.32 Å². The number of nitrogens with one attached hydrogen (secondary N) is 1. The van der Waals surface area contributed by atoms with Crippen LogP contribution in [0, 0.1) is 0 Å². The van der Waals surface area contributed by atoms with Gasteiger partial charge in [-0.15, -0.1) is 0 Å². The molecule has 70 valence electrons. The Hall–Kier alpha value is -1.14. The molecule has 0 aliphatic heterocycles. The van der Waals surface area contributed by atoms with E-state index in [1.807, 2.05) is 0 Å². The zero-order valence-corrected chi connectivity index (χ0v) is 6.78. The first-order valence-electron chi connectivity index (χ1n) is 3.45. The highest BCUT2D eigenvalue weighted by Gasteiger charge is 2.18. The highest BCUT2D eigenvalue weighted by molar-refractivity contribution is 5.88. The standard InChI is InChI=1S/C6H13N3O3/c1-3(7)6(12)9-4(2-10)5(8)11/h3-4,10H,2,7H2,1H3,(H2,8,11)(H,9,12). The molecule has 2 atom stereocenters. The molecule has 0 aromatic rings. The van der Waals surface area contributed by atoms with Gasteiger partial charge in [0.15, 0.2) is 0 Å². The van der Waals surface area contributed by atoms with Gasteiger partial charge in [-0.2, -0.15) is 0 Å². The Kier molecular flexibility index (Phi) is 4.24. The summed E-state index contributed by atoms with van der Waals surface area (Å²) in [6, 6.07) is -1.78. The summed E-state index contributed by atoms with van der Waals surface area (Å²) in [5.74, 6) is -1.31. The maximum absolute atomic E-state index is 10.9. The summed E-state index contributed by atoms with van der Waals surface area (Å²) in [6.45, 7) is 0.943. The first kappa shape index (κ1) is 10.9. The maximum Gasteiger partial charge on any atom is 0.242 e. The van der Waals surface area contributed by atoms with Gasteiger partial charge >= 0.3 is 0 Å². The van der Waals surface area contributed by atoms with Crippen molar-refractivity contribution in [2.24, 2.45) is 11.5 Å². The number of primary amides is 1. The lowest BCUT2D eigenvalue weighted by Crippen LogP contribution is -2.51. The Balaban J connectivity index is 4.03. The van der Waals surface area contributed by atoms with Crippen LogP contribution in [0.4, 0.5) is 0 Å². The third-order valence-electron chi connectivity index (χ3n) is 1.26. The van der Waals surface area contributed by atoms with Gasteiger partial charge in [-0.25, -0.2) is 0 Å². The van der Waals surface area contributed by atoms with Crippen molar-refractivity contribution in [3.05, 3.63) is 0 Å². The minimum absolute atomic E-state index is 0.520. The molecule has 2 unspecified atom stereocenters. The van der Waals surface area contributed by atoms with Gasteiger partial charge in [-0.3, -0.25) is 9.59 Å². The van der Waals surface area contributed by atoms with Crippen molar-refractivity contribution in [3.8, 4) is 0 Å². The monoisotopic (exact) mass is 175 g/mol. The van der Waals surface area contributed by atoms with Crippen molar-refractivity contribution < 1.29 is 14.7 Å². The Morgan fingerprint density at radius 2 is 2.08 bits per heavy atom. The van der Waals surface area contributed by atoms with Crippen LogP contribution in [0.1, 0.15) is 6.92 Å². The van der Waals surface area contributed by atoms with Gasteiger partial charge < -0.3 is 21.9 Å². The van der Waals surface area contributed by atoms with Crippen LogP contribution < -0.4 is 16.8 Å². The van der Waals surface area contributed by atoms with E-state index >= 15 is 0 Å². The summed E-state index contributed by atoms with van der Waals surface area (Å²) in [6.07, 6.45) is 0. The number of rotatable bonds is 4. The second-order valence-electron chi connectivity index (χ2n) is 2.43. The fourth-order valence-electron chi connectivity index (χ4n) is 0.510.